The summed E-state index contributed by atoms with van der Waals surface area (Å²) in [7, 11) is 0. The van der Waals surface area contributed by atoms with E-state index >= 15 is 0 Å². The summed E-state index contributed by atoms with van der Waals surface area (Å²) in [5.41, 5.74) is 10.1. The van der Waals surface area contributed by atoms with E-state index in [0.29, 0.717) is 12.5 Å². The fourth-order valence-electron chi connectivity index (χ4n) is 2.05. The van der Waals surface area contributed by atoms with Gasteiger partial charge in [-0.3, -0.25) is 0 Å². The molecule has 0 atom stereocenters. The van der Waals surface area contributed by atoms with E-state index in [1.165, 1.54) is 5.56 Å². The van der Waals surface area contributed by atoms with Crippen molar-refractivity contribution in [3.63, 3.8) is 0 Å². The highest BCUT2D eigenvalue weighted by atomic mass is 15.4. The number of hydrogen-bond acceptors (Lipinski definition) is 3. The van der Waals surface area contributed by atoms with Gasteiger partial charge in [0.2, 0.25) is 0 Å². The van der Waals surface area contributed by atoms with Gasteiger partial charge in [-0.25, -0.2) is 4.68 Å². The van der Waals surface area contributed by atoms with E-state index in [1.807, 2.05) is 4.68 Å². The van der Waals surface area contributed by atoms with Gasteiger partial charge in [0.25, 0.3) is 0 Å². The zero-order chi connectivity index (χ0) is 13.8. The molecule has 0 saturated carbocycles. The van der Waals surface area contributed by atoms with Crippen LogP contribution in [0.4, 0.5) is 0 Å². The summed E-state index contributed by atoms with van der Waals surface area (Å²) in [5.74, 6) is 0.649. The number of nitrogens with two attached hydrogens (primary N) is 1. The lowest BCUT2D eigenvalue weighted by molar-refractivity contribution is 0.481. The Morgan fingerprint density at radius 1 is 1.21 bits per heavy atom. The number of rotatable bonds is 5. The van der Waals surface area contributed by atoms with Crippen molar-refractivity contribution >= 4 is 0 Å². The normalized spacial score (nSPS) is 11.2. The Kier molecular flexibility index (Phi) is 4.32. The molecule has 0 fully saturated rings. The average Bonchev–Trinajstić information content (AvgIpc) is 2.80. The number of aryl methyl sites for hydroxylation is 2. The highest BCUT2D eigenvalue weighted by molar-refractivity contribution is 5.62. The summed E-state index contributed by atoms with van der Waals surface area (Å²) in [6.45, 7) is 7.82. The molecule has 0 spiro atoms. The third-order valence-electron chi connectivity index (χ3n) is 3.24. The van der Waals surface area contributed by atoms with E-state index in [0.717, 1.165) is 29.9 Å². The van der Waals surface area contributed by atoms with Crippen LogP contribution in [0, 0.1) is 12.8 Å². The standard InChI is InChI=1S/C15H22N4/c1-11(2)8-9-19-15(14(10-16)17-18-19)13-6-4-12(3)5-7-13/h4-7,11H,8-10,16H2,1-3H3. The molecule has 0 aliphatic rings. The third kappa shape index (κ3) is 3.20. The van der Waals surface area contributed by atoms with Crippen LogP contribution >= 0.6 is 0 Å². The molecule has 2 N–H and O–H groups in total. The Labute approximate surface area is 114 Å². The zero-order valence-corrected chi connectivity index (χ0v) is 11.9. The smallest absolute Gasteiger partial charge is 0.104 e. The topological polar surface area (TPSA) is 56.7 Å². The second-order valence-corrected chi connectivity index (χ2v) is 5.36. The van der Waals surface area contributed by atoms with Crippen LogP contribution in [0.15, 0.2) is 24.3 Å². The molecule has 1 aromatic carbocycles. The van der Waals surface area contributed by atoms with Crippen molar-refractivity contribution in [2.75, 3.05) is 0 Å². The molecule has 19 heavy (non-hydrogen) atoms. The molecule has 2 rings (SSSR count). The monoisotopic (exact) mass is 258 g/mol. The van der Waals surface area contributed by atoms with Crippen molar-refractivity contribution in [3.8, 4) is 11.3 Å². The van der Waals surface area contributed by atoms with Gasteiger partial charge >= 0.3 is 0 Å². The largest absolute Gasteiger partial charge is 0.325 e. The second kappa shape index (κ2) is 5.97. The molecule has 4 nitrogen and oxygen atoms in total. The van der Waals surface area contributed by atoms with Crippen LogP contribution in [0.3, 0.4) is 0 Å². The molecular weight excluding hydrogens is 236 g/mol. The van der Waals surface area contributed by atoms with Gasteiger partial charge in [-0.2, -0.15) is 0 Å². The molecule has 0 aliphatic heterocycles. The summed E-state index contributed by atoms with van der Waals surface area (Å²) in [6.07, 6.45) is 1.09. The number of nitrogens with zero attached hydrogens (tertiary/aromatic N) is 3. The van der Waals surface area contributed by atoms with Gasteiger partial charge in [0.15, 0.2) is 0 Å². The summed E-state index contributed by atoms with van der Waals surface area (Å²) < 4.78 is 1.98. The molecule has 1 heterocycles. The minimum absolute atomic E-state index is 0.422. The van der Waals surface area contributed by atoms with E-state index in [2.05, 4.69) is 55.3 Å². The molecule has 102 valence electrons. The van der Waals surface area contributed by atoms with Crippen LogP contribution < -0.4 is 5.73 Å². The van der Waals surface area contributed by atoms with Crippen molar-refractivity contribution in [3.05, 3.63) is 35.5 Å². The number of benzene rings is 1. The van der Waals surface area contributed by atoms with Crippen molar-refractivity contribution < 1.29 is 0 Å². The molecule has 0 unspecified atom stereocenters. The van der Waals surface area contributed by atoms with Gasteiger partial charge in [-0.05, 0) is 19.3 Å². The van der Waals surface area contributed by atoms with E-state index < -0.39 is 0 Å². The third-order valence-corrected chi connectivity index (χ3v) is 3.24. The zero-order valence-electron chi connectivity index (χ0n) is 11.9. The quantitative estimate of drug-likeness (QED) is 0.897. The van der Waals surface area contributed by atoms with Gasteiger partial charge in [-0.1, -0.05) is 48.9 Å². The first kappa shape index (κ1) is 13.7. The molecule has 4 heteroatoms. The Balaban J connectivity index is 2.35. The molecule has 0 amide bonds. The first-order valence-electron chi connectivity index (χ1n) is 6.81. The van der Waals surface area contributed by atoms with Gasteiger partial charge in [0, 0.05) is 18.7 Å². The van der Waals surface area contributed by atoms with E-state index in [9.17, 15) is 0 Å². The summed E-state index contributed by atoms with van der Waals surface area (Å²) in [6, 6.07) is 8.43. The Morgan fingerprint density at radius 3 is 2.47 bits per heavy atom. The van der Waals surface area contributed by atoms with Gasteiger partial charge < -0.3 is 5.73 Å². The van der Waals surface area contributed by atoms with E-state index in [1.54, 1.807) is 0 Å². The molecule has 0 aliphatic carbocycles. The first-order valence-corrected chi connectivity index (χ1v) is 6.81. The van der Waals surface area contributed by atoms with Gasteiger partial charge in [-0.15, -0.1) is 5.10 Å². The molecule has 0 bridgehead atoms. The van der Waals surface area contributed by atoms with Crippen molar-refractivity contribution in [1.82, 2.24) is 15.0 Å². The lowest BCUT2D eigenvalue weighted by Crippen LogP contribution is -2.06. The average molecular weight is 258 g/mol. The molecule has 2 aromatic rings. The van der Waals surface area contributed by atoms with Crippen molar-refractivity contribution in [2.24, 2.45) is 11.7 Å². The summed E-state index contributed by atoms with van der Waals surface area (Å²) in [4.78, 5) is 0. The summed E-state index contributed by atoms with van der Waals surface area (Å²) >= 11 is 0. The second-order valence-electron chi connectivity index (χ2n) is 5.36. The maximum atomic E-state index is 5.77. The molecule has 0 radical (unpaired) electrons. The van der Waals surface area contributed by atoms with E-state index in [4.69, 9.17) is 5.73 Å². The molecule has 1 aromatic heterocycles. The van der Waals surface area contributed by atoms with Crippen LogP contribution in [0.5, 0.6) is 0 Å². The number of aromatic nitrogens is 3. The van der Waals surface area contributed by atoms with Crippen LogP contribution in [0.25, 0.3) is 11.3 Å². The first-order chi connectivity index (χ1) is 9.11. The van der Waals surface area contributed by atoms with Gasteiger partial charge in [0.1, 0.15) is 5.69 Å². The lowest BCUT2D eigenvalue weighted by atomic mass is 10.1. The predicted molar refractivity (Wildman–Crippen MR) is 77.5 cm³/mol. The fraction of sp³-hybridized carbons (Fsp3) is 0.467. The predicted octanol–water partition coefficient (Wildman–Crippen LogP) is 2.76. The Bertz CT molecular complexity index is 526. The number of hydrogen-bond donors (Lipinski definition) is 1. The highest BCUT2D eigenvalue weighted by Gasteiger charge is 2.13. The maximum Gasteiger partial charge on any atom is 0.104 e. The van der Waals surface area contributed by atoms with E-state index in [-0.39, 0.29) is 0 Å². The maximum absolute atomic E-state index is 5.77. The van der Waals surface area contributed by atoms with Crippen LogP contribution in [-0.2, 0) is 13.1 Å². The Morgan fingerprint density at radius 2 is 1.89 bits per heavy atom. The van der Waals surface area contributed by atoms with Gasteiger partial charge in [0.05, 0.1) is 5.69 Å². The minimum atomic E-state index is 0.422. The summed E-state index contributed by atoms with van der Waals surface area (Å²) in [5, 5.41) is 8.44. The fourth-order valence-corrected chi connectivity index (χ4v) is 2.05. The van der Waals surface area contributed by atoms with Crippen molar-refractivity contribution in [2.45, 2.75) is 40.3 Å². The van der Waals surface area contributed by atoms with Crippen LogP contribution in [0.1, 0.15) is 31.5 Å². The molecule has 0 saturated heterocycles. The van der Waals surface area contributed by atoms with Crippen molar-refractivity contribution in [1.29, 1.82) is 0 Å². The lowest BCUT2D eigenvalue weighted by Gasteiger charge is -2.09. The highest BCUT2D eigenvalue weighted by Crippen LogP contribution is 2.23. The van der Waals surface area contributed by atoms with Crippen LogP contribution in [-0.4, -0.2) is 15.0 Å². The Hall–Kier alpha value is -1.68. The minimum Gasteiger partial charge on any atom is -0.325 e. The van der Waals surface area contributed by atoms with Crippen LogP contribution in [0.2, 0.25) is 0 Å². The SMILES string of the molecule is Cc1ccc(-c2c(CN)nnn2CCC(C)C)cc1. The molecular formula is C15H22N4.